The number of aliphatic carboxylic acids is 1. The Morgan fingerprint density at radius 1 is 1.34 bits per heavy atom. The molecule has 1 aliphatic rings. The van der Waals surface area contributed by atoms with Gasteiger partial charge in [-0.2, -0.15) is 5.10 Å². The SMILES string of the molecule is CCOc1cc(/C=N\N=C2\NC(=O)[C@@H](CC(=O)O)S2)cc(I)c1OCc1ccccc1Cl. The first-order valence-electron chi connectivity index (χ1n) is 9.50. The van der Waals surface area contributed by atoms with Gasteiger partial charge in [-0.15, -0.1) is 5.10 Å². The van der Waals surface area contributed by atoms with Crippen LogP contribution in [0.5, 0.6) is 11.5 Å². The first-order valence-corrected chi connectivity index (χ1v) is 11.8. The number of amides is 1. The van der Waals surface area contributed by atoms with E-state index in [1.54, 1.807) is 6.07 Å². The fourth-order valence-electron chi connectivity index (χ4n) is 2.72. The third kappa shape index (κ3) is 6.59. The molecule has 0 aromatic heterocycles. The van der Waals surface area contributed by atoms with E-state index in [2.05, 4.69) is 38.1 Å². The van der Waals surface area contributed by atoms with Crippen LogP contribution in [0.2, 0.25) is 5.02 Å². The van der Waals surface area contributed by atoms with E-state index in [4.69, 9.17) is 26.2 Å². The van der Waals surface area contributed by atoms with Crippen molar-refractivity contribution in [2.45, 2.75) is 25.2 Å². The van der Waals surface area contributed by atoms with Crippen LogP contribution in [-0.2, 0) is 16.2 Å². The number of carboxylic acid groups (broad SMARTS) is 1. The van der Waals surface area contributed by atoms with Gasteiger partial charge in [0.05, 0.1) is 22.8 Å². The van der Waals surface area contributed by atoms with E-state index >= 15 is 0 Å². The smallest absolute Gasteiger partial charge is 0.305 e. The lowest BCUT2D eigenvalue weighted by atomic mass is 10.2. The summed E-state index contributed by atoms with van der Waals surface area (Å²) in [4.78, 5) is 22.6. The second-order valence-corrected chi connectivity index (χ2v) is 9.25. The average Bonchev–Trinajstić information content (AvgIpc) is 3.07. The van der Waals surface area contributed by atoms with E-state index in [0.717, 1.165) is 26.5 Å². The minimum Gasteiger partial charge on any atom is -0.490 e. The fourth-order valence-corrected chi connectivity index (χ4v) is 4.61. The number of amidine groups is 1. The summed E-state index contributed by atoms with van der Waals surface area (Å²) >= 11 is 9.41. The molecule has 0 radical (unpaired) electrons. The summed E-state index contributed by atoms with van der Waals surface area (Å²) in [6.45, 7) is 2.63. The third-order valence-corrected chi connectivity index (χ3v) is 6.40. The summed E-state index contributed by atoms with van der Waals surface area (Å²) in [5.41, 5.74) is 1.59. The Morgan fingerprint density at radius 2 is 2.12 bits per heavy atom. The lowest BCUT2D eigenvalue weighted by Gasteiger charge is -2.15. The number of rotatable bonds is 9. The van der Waals surface area contributed by atoms with Gasteiger partial charge >= 0.3 is 5.97 Å². The number of carboxylic acids is 1. The molecule has 11 heteroatoms. The molecule has 0 aliphatic carbocycles. The fraction of sp³-hybridized carbons (Fsp3) is 0.238. The maximum absolute atomic E-state index is 11.8. The van der Waals surface area contributed by atoms with Crippen LogP contribution in [0.15, 0.2) is 46.6 Å². The third-order valence-electron chi connectivity index (χ3n) is 4.15. The van der Waals surface area contributed by atoms with Gasteiger partial charge in [0.1, 0.15) is 11.9 Å². The van der Waals surface area contributed by atoms with Crippen LogP contribution < -0.4 is 14.8 Å². The highest BCUT2D eigenvalue weighted by molar-refractivity contribution is 14.1. The highest BCUT2D eigenvalue weighted by atomic mass is 127. The monoisotopic (exact) mass is 587 g/mol. The number of hydrogen-bond donors (Lipinski definition) is 2. The molecule has 2 aromatic carbocycles. The van der Waals surface area contributed by atoms with Gasteiger partial charge in [0, 0.05) is 10.6 Å². The number of hydrogen-bond acceptors (Lipinski definition) is 7. The van der Waals surface area contributed by atoms with Crippen molar-refractivity contribution in [3.63, 3.8) is 0 Å². The number of carbonyl (C=O) groups excluding carboxylic acids is 1. The van der Waals surface area contributed by atoms with E-state index in [-0.39, 0.29) is 17.5 Å². The number of nitrogens with zero attached hydrogens (tertiary/aromatic N) is 2. The van der Waals surface area contributed by atoms with Crippen LogP contribution in [0.25, 0.3) is 0 Å². The molecule has 1 heterocycles. The molecule has 0 spiro atoms. The number of benzene rings is 2. The van der Waals surface area contributed by atoms with Crippen molar-refractivity contribution in [2.24, 2.45) is 10.2 Å². The predicted molar refractivity (Wildman–Crippen MR) is 133 cm³/mol. The summed E-state index contributed by atoms with van der Waals surface area (Å²) in [7, 11) is 0. The minimum atomic E-state index is -1.04. The number of ether oxygens (including phenoxy) is 2. The zero-order valence-corrected chi connectivity index (χ0v) is 20.6. The Kier molecular flexibility index (Phi) is 8.76. The molecule has 0 bridgehead atoms. The molecule has 8 nitrogen and oxygen atoms in total. The predicted octanol–water partition coefficient (Wildman–Crippen LogP) is 4.32. The van der Waals surface area contributed by atoms with Crippen LogP contribution in [0.3, 0.4) is 0 Å². The van der Waals surface area contributed by atoms with Crippen LogP contribution >= 0.6 is 46.0 Å². The van der Waals surface area contributed by atoms with Gasteiger partial charge in [-0.25, -0.2) is 0 Å². The lowest BCUT2D eigenvalue weighted by molar-refractivity contribution is -0.138. The van der Waals surface area contributed by atoms with Crippen molar-refractivity contribution in [3.05, 3.63) is 56.1 Å². The zero-order chi connectivity index (χ0) is 23.1. The molecule has 1 saturated heterocycles. The van der Waals surface area contributed by atoms with Gasteiger partial charge in [-0.1, -0.05) is 41.6 Å². The maximum atomic E-state index is 11.8. The van der Waals surface area contributed by atoms with Crippen LogP contribution in [0.4, 0.5) is 0 Å². The van der Waals surface area contributed by atoms with Gasteiger partial charge in [0.15, 0.2) is 16.7 Å². The van der Waals surface area contributed by atoms with E-state index in [1.165, 1.54) is 6.21 Å². The topological polar surface area (TPSA) is 110 Å². The second-order valence-electron chi connectivity index (χ2n) is 6.49. The van der Waals surface area contributed by atoms with Crippen molar-refractivity contribution in [2.75, 3.05) is 6.61 Å². The molecule has 2 N–H and O–H groups in total. The highest BCUT2D eigenvalue weighted by Gasteiger charge is 2.32. The van der Waals surface area contributed by atoms with Crippen molar-refractivity contribution in [1.82, 2.24) is 5.32 Å². The van der Waals surface area contributed by atoms with E-state index in [9.17, 15) is 9.59 Å². The van der Waals surface area contributed by atoms with Crippen LogP contribution in [0.1, 0.15) is 24.5 Å². The molecule has 1 fully saturated rings. The summed E-state index contributed by atoms with van der Waals surface area (Å²) in [5, 5.41) is 19.5. The zero-order valence-electron chi connectivity index (χ0n) is 16.9. The average molecular weight is 588 g/mol. The van der Waals surface area contributed by atoms with Crippen molar-refractivity contribution in [3.8, 4) is 11.5 Å². The van der Waals surface area contributed by atoms with Crippen LogP contribution in [0, 0.1) is 3.57 Å². The van der Waals surface area contributed by atoms with Gasteiger partial charge in [-0.3, -0.25) is 9.59 Å². The first kappa shape index (κ1) is 24.3. The molecule has 2 aromatic rings. The molecule has 0 saturated carbocycles. The summed E-state index contributed by atoms with van der Waals surface area (Å²) in [6.07, 6.45) is 1.25. The number of nitrogens with one attached hydrogen (secondary N) is 1. The maximum Gasteiger partial charge on any atom is 0.305 e. The molecular weight excluding hydrogens is 569 g/mol. The molecule has 0 unspecified atom stereocenters. The van der Waals surface area contributed by atoms with Crippen molar-refractivity contribution >= 4 is 69.2 Å². The normalized spacial score (nSPS) is 17.0. The van der Waals surface area contributed by atoms with E-state index < -0.39 is 11.2 Å². The number of halogens is 2. The largest absolute Gasteiger partial charge is 0.490 e. The number of carbonyl (C=O) groups is 2. The van der Waals surface area contributed by atoms with Gasteiger partial charge < -0.3 is 19.9 Å². The quantitative estimate of drug-likeness (QED) is 0.257. The minimum absolute atomic E-state index is 0.261. The Hall–Kier alpha value is -2.31. The molecule has 168 valence electrons. The van der Waals surface area contributed by atoms with Gasteiger partial charge in [0.2, 0.25) is 5.91 Å². The van der Waals surface area contributed by atoms with E-state index in [0.29, 0.717) is 29.7 Å². The summed E-state index contributed by atoms with van der Waals surface area (Å²) in [5.74, 6) is -0.270. The summed E-state index contributed by atoms with van der Waals surface area (Å²) in [6, 6.07) is 11.1. The lowest BCUT2D eigenvalue weighted by Crippen LogP contribution is -2.26. The molecule has 1 aliphatic heterocycles. The highest BCUT2D eigenvalue weighted by Crippen LogP contribution is 2.35. The molecular formula is C21H19ClIN3O5S. The van der Waals surface area contributed by atoms with Gasteiger partial charge in [0.25, 0.3) is 0 Å². The number of thioether (sulfide) groups is 1. The van der Waals surface area contributed by atoms with E-state index in [1.807, 2.05) is 37.3 Å². The molecule has 1 amide bonds. The molecule has 3 rings (SSSR count). The first-order chi connectivity index (χ1) is 15.4. The Morgan fingerprint density at radius 3 is 2.84 bits per heavy atom. The van der Waals surface area contributed by atoms with Crippen LogP contribution in [-0.4, -0.2) is 40.2 Å². The Bertz CT molecular complexity index is 1080. The van der Waals surface area contributed by atoms with Crippen molar-refractivity contribution < 1.29 is 24.2 Å². The standard InChI is InChI=1S/C21H19ClIN3O5S/c1-2-30-16-8-12(10-24-26-21-25-20(29)17(32-21)9-18(27)28)7-15(23)19(16)31-11-13-5-3-4-6-14(13)22/h3-8,10,17H,2,9,11H2,1H3,(H,27,28)(H,25,26,29)/b24-10-/t17-/m1/s1. The van der Waals surface area contributed by atoms with Gasteiger partial charge in [-0.05, 0) is 53.3 Å². The Balaban J connectivity index is 1.73. The second kappa shape index (κ2) is 11.5. The Labute approximate surface area is 207 Å². The van der Waals surface area contributed by atoms with Crippen molar-refractivity contribution in [1.29, 1.82) is 0 Å². The molecule has 1 atom stereocenters. The molecule has 32 heavy (non-hydrogen) atoms. The summed E-state index contributed by atoms with van der Waals surface area (Å²) < 4.78 is 12.6.